The van der Waals surface area contributed by atoms with Crippen LogP contribution in [0.2, 0.25) is 0 Å². The number of anilines is 1. The second kappa shape index (κ2) is 5.53. The molecule has 0 fully saturated rings. The summed E-state index contributed by atoms with van der Waals surface area (Å²) in [6.07, 6.45) is 3.49. The van der Waals surface area contributed by atoms with E-state index in [9.17, 15) is 5.11 Å². The molecule has 2 N–H and O–H groups in total. The number of nitrogens with zero attached hydrogens (tertiary/aromatic N) is 1. The number of para-hydroxylation sites is 1. The number of aromatic hydroxyl groups is 1. The van der Waals surface area contributed by atoms with Crippen LogP contribution < -0.4 is 5.32 Å². The molecule has 1 aromatic carbocycles. The smallest absolute Gasteiger partial charge is 0.169 e. The number of pyridine rings is 1. The van der Waals surface area contributed by atoms with Crippen LogP contribution in [-0.4, -0.2) is 16.6 Å². The fourth-order valence-corrected chi connectivity index (χ4v) is 1.82. The molecule has 0 amide bonds. The van der Waals surface area contributed by atoms with Gasteiger partial charge in [0.25, 0.3) is 0 Å². The number of nitrogens with one attached hydrogen (secondary N) is 1. The molecule has 90 valence electrons. The van der Waals surface area contributed by atoms with Gasteiger partial charge in [-0.05, 0) is 18.6 Å². The molecule has 0 aliphatic rings. The Bertz CT molecular complexity index is 497. The van der Waals surface area contributed by atoms with Crippen molar-refractivity contribution in [2.45, 2.75) is 26.2 Å². The molecular weight excluding hydrogens is 212 g/mol. The first-order chi connectivity index (χ1) is 8.31. The van der Waals surface area contributed by atoms with Gasteiger partial charge >= 0.3 is 0 Å². The topological polar surface area (TPSA) is 45.2 Å². The molecule has 0 bridgehead atoms. The van der Waals surface area contributed by atoms with Crippen LogP contribution in [0.1, 0.15) is 26.2 Å². The molecule has 0 saturated carbocycles. The number of hydrogen-bond acceptors (Lipinski definition) is 3. The molecule has 2 aromatic rings. The quantitative estimate of drug-likeness (QED) is 0.772. The molecule has 0 radical (unpaired) electrons. The van der Waals surface area contributed by atoms with Crippen molar-refractivity contribution in [3.05, 3.63) is 30.3 Å². The molecular formula is C14H18N2O. The fraction of sp³-hybridized carbons (Fsp3) is 0.357. The van der Waals surface area contributed by atoms with Crippen LogP contribution >= 0.6 is 0 Å². The monoisotopic (exact) mass is 230 g/mol. The van der Waals surface area contributed by atoms with Crippen molar-refractivity contribution in [1.29, 1.82) is 0 Å². The van der Waals surface area contributed by atoms with Crippen molar-refractivity contribution >= 4 is 16.7 Å². The van der Waals surface area contributed by atoms with Crippen LogP contribution in [0.15, 0.2) is 30.3 Å². The zero-order valence-electron chi connectivity index (χ0n) is 10.1. The van der Waals surface area contributed by atoms with Crippen LogP contribution in [0.4, 0.5) is 5.82 Å². The number of unbranched alkanes of at least 4 members (excludes halogenated alkanes) is 2. The number of aromatic nitrogens is 1. The molecule has 3 heteroatoms. The maximum absolute atomic E-state index is 9.84. The molecule has 1 heterocycles. The Morgan fingerprint density at radius 1 is 1.24 bits per heavy atom. The van der Waals surface area contributed by atoms with E-state index in [2.05, 4.69) is 17.2 Å². The number of fused-ring (bicyclic) bond motifs is 1. The van der Waals surface area contributed by atoms with Crippen molar-refractivity contribution in [3.63, 3.8) is 0 Å². The molecule has 2 rings (SSSR count). The third-order valence-electron chi connectivity index (χ3n) is 2.78. The molecule has 1 aromatic heterocycles. The lowest BCUT2D eigenvalue weighted by Gasteiger charge is -2.08. The second-order valence-corrected chi connectivity index (χ2v) is 4.18. The zero-order valence-corrected chi connectivity index (χ0v) is 10.1. The van der Waals surface area contributed by atoms with Crippen molar-refractivity contribution in [2.24, 2.45) is 0 Å². The minimum atomic E-state index is 0.222. The number of hydrogen-bond donors (Lipinski definition) is 2. The van der Waals surface area contributed by atoms with Gasteiger partial charge in [0, 0.05) is 11.9 Å². The second-order valence-electron chi connectivity index (χ2n) is 4.18. The predicted octanol–water partition coefficient (Wildman–Crippen LogP) is 3.54. The van der Waals surface area contributed by atoms with Gasteiger partial charge in [0.2, 0.25) is 0 Å². The summed E-state index contributed by atoms with van der Waals surface area (Å²) in [6.45, 7) is 3.03. The van der Waals surface area contributed by atoms with E-state index in [1.807, 2.05) is 24.3 Å². The summed E-state index contributed by atoms with van der Waals surface area (Å²) in [5, 5.41) is 14.0. The first-order valence-electron chi connectivity index (χ1n) is 6.14. The Hall–Kier alpha value is -1.77. The van der Waals surface area contributed by atoms with E-state index in [1.54, 1.807) is 6.07 Å². The van der Waals surface area contributed by atoms with E-state index in [1.165, 1.54) is 12.8 Å². The van der Waals surface area contributed by atoms with Gasteiger partial charge < -0.3 is 10.4 Å². The lowest BCUT2D eigenvalue weighted by atomic mass is 10.2. The molecule has 0 atom stereocenters. The van der Waals surface area contributed by atoms with E-state index in [4.69, 9.17) is 0 Å². The van der Waals surface area contributed by atoms with Gasteiger partial charge in [-0.15, -0.1) is 0 Å². The lowest BCUT2D eigenvalue weighted by molar-refractivity contribution is 0.476. The summed E-state index contributed by atoms with van der Waals surface area (Å²) in [7, 11) is 0. The summed E-state index contributed by atoms with van der Waals surface area (Å²) in [5.41, 5.74) is 0.906. The highest BCUT2D eigenvalue weighted by atomic mass is 16.3. The molecule has 3 nitrogen and oxygen atoms in total. The highest BCUT2D eigenvalue weighted by Gasteiger charge is 2.04. The Labute approximate surface area is 102 Å². The summed E-state index contributed by atoms with van der Waals surface area (Å²) in [4.78, 5) is 4.41. The first kappa shape index (κ1) is 11.7. The van der Waals surface area contributed by atoms with Gasteiger partial charge in [0.1, 0.15) is 0 Å². The molecule has 17 heavy (non-hydrogen) atoms. The average molecular weight is 230 g/mol. The summed E-state index contributed by atoms with van der Waals surface area (Å²) in [6, 6.07) is 9.55. The van der Waals surface area contributed by atoms with Crippen LogP contribution in [-0.2, 0) is 0 Å². The largest absolute Gasteiger partial charge is 0.504 e. The molecule has 0 aliphatic carbocycles. The van der Waals surface area contributed by atoms with Crippen LogP contribution in [0, 0.1) is 0 Å². The van der Waals surface area contributed by atoms with E-state index in [-0.39, 0.29) is 5.75 Å². The molecule has 0 spiro atoms. The van der Waals surface area contributed by atoms with Gasteiger partial charge in [-0.25, -0.2) is 4.98 Å². The van der Waals surface area contributed by atoms with Gasteiger partial charge in [-0.1, -0.05) is 38.0 Å². The molecule has 0 aliphatic heterocycles. The zero-order chi connectivity index (χ0) is 12.1. The minimum absolute atomic E-state index is 0.222. The van der Waals surface area contributed by atoms with Gasteiger partial charge in [-0.2, -0.15) is 0 Å². The van der Waals surface area contributed by atoms with Gasteiger partial charge in [0.05, 0.1) is 5.52 Å². The summed E-state index contributed by atoms with van der Waals surface area (Å²) >= 11 is 0. The lowest BCUT2D eigenvalue weighted by Crippen LogP contribution is -2.03. The van der Waals surface area contributed by atoms with Crippen molar-refractivity contribution < 1.29 is 5.11 Å². The predicted molar refractivity (Wildman–Crippen MR) is 71.4 cm³/mol. The Morgan fingerprint density at radius 3 is 2.88 bits per heavy atom. The normalized spacial score (nSPS) is 10.6. The van der Waals surface area contributed by atoms with E-state index >= 15 is 0 Å². The van der Waals surface area contributed by atoms with E-state index < -0.39 is 0 Å². The molecule has 0 unspecified atom stereocenters. The van der Waals surface area contributed by atoms with E-state index in [0.29, 0.717) is 5.82 Å². The standard InChI is InChI=1S/C14H18N2O/c1-2-3-6-9-15-14-13(17)10-11-7-4-5-8-12(11)16-14/h4-5,7-8,10,17H,2-3,6,9H2,1H3,(H,15,16). The van der Waals surface area contributed by atoms with Crippen molar-refractivity contribution in [3.8, 4) is 5.75 Å². The third-order valence-corrected chi connectivity index (χ3v) is 2.78. The Balaban J connectivity index is 2.14. The maximum atomic E-state index is 9.84. The minimum Gasteiger partial charge on any atom is -0.504 e. The highest BCUT2D eigenvalue weighted by Crippen LogP contribution is 2.25. The Kier molecular flexibility index (Phi) is 3.81. The molecule has 0 saturated heterocycles. The maximum Gasteiger partial charge on any atom is 0.169 e. The van der Waals surface area contributed by atoms with Crippen LogP contribution in [0.25, 0.3) is 10.9 Å². The van der Waals surface area contributed by atoms with Gasteiger partial charge in [0.15, 0.2) is 11.6 Å². The van der Waals surface area contributed by atoms with Crippen LogP contribution in [0.3, 0.4) is 0 Å². The van der Waals surface area contributed by atoms with Crippen molar-refractivity contribution in [1.82, 2.24) is 4.98 Å². The first-order valence-corrected chi connectivity index (χ1v) is 6.14. The van der Waals surface area contributed by atoms with E-state index in [0.717, 1.165) is 23.9 Å². The Morgan fingerprint density at radius 2 is 2.06 bits per heavy atom. The highest BCUT2D eigenvalue weighted by molar-refractivity contribution is 5.82. The van der Waals surface area contributed by atoms with Gasteiger partial charge in [-0.3, -0.25) is 0 Å². The third kappa shape index (κ3) is 2.87. The van der Waals surface area contributed by atoms with Crippen LogP contribution in [0.5, 0.6) is 5.75 Å². The summed E-state index contributed by atoms with van der Waals surface area (Å²) < 4.78 is 0. The van der Waals surface area contributed by atoms with Crippen molar-refractivity contribution in [2.75, 3.05) is 11.9 Å². The fourth-order valence-electron chi connectivity index (χ4n) is 1.82. The number of rotatable bonds is 5. The average Bonchev–Trinajstić information content (AvgIpc) is 2.35. The summed E-state index contributed by atoms with van der Waals surface area (Å²) in [5.74, 6) is 0.806. The number of benzene rings is 1. The SMILES string of the molecule is CCCCCNc1nc2ccccc2cc1O.